The third-order valence-corrected chi connectivity index (χ3v) is 3.75. The molecule has 0 saturated carbocycles. The highest BCUT2D eigenvalue weighted by atomic mass is 32.2. The molecule has 0 unspecified atom stereocenters. The molecule has 0 aliphatic carbocycles. The van der Waals surface area contributed by atoms with Gasteiger partial charge in [-0.2, -0.15) is 0 Å². The first-order valence-corrected chi connectivity index (χ1v) is 8.31. The molecule has 0 saturated heterocycles. The highest BCUT2D eigenvalue weighted by molar-refractivity contribution is 8.00. The zero-order valence-electron chi connectivity index (χ0n) is 13.2. The summed E-state index contributed by atoms with van der Waals surface area (Å²) in [6.45, 7) is 8.58. The summed E-state index contributed by atoms with van der Waals surface area (Å²) in [5.41, 5.74) is 4.18. The molecular weight excluding hydrogens is 268 g/mol. The lowest BCUT2D eigenvalue weighted by atomic mass is 10.1. The quantitative estimate of drug-likeness (QED) is 0.443. The molecule has 1 N–H and O–H groups in total. The van der Waals surface area contributed by atoms with E-state index in [0.717, 1.165) is 31.4 Å². The Balaban J connectivity index is 3.82. The molecule has 0 aliphatic heterocycles. The third-order valence-electron chi connectivity index (χ3n) is 2.90. The number of hydrogen-bond acceptors (Lipinski definition) is 2. The molecule has 0 heterocycles. The van der Waals surface area contributed by atoms with Crippen LogP contribution in [-0.2, 0) is 4.79 Å². The van der Waals surface area contributed by atoms with Crippen LogP contribution in [0.25, 0.3) is 0 Å². The standard InChI is InChI=1S/C17H28O2S/c1-14(2)7-5-8-15(3)9-6-10-16(4)11-12-20-13-17(18)19/h7,9,11H,5-6,8,10,12-13H2,1-4H3,(H,18,19)/b15-9+,16-11+. The minimum Gasteiger partial charge on any atom is -0.481 e. The van der Waals surface area contributed by atoms with E-state index in [1.165, 1.54) is 28.5 Å². The van der Waals surface area contributed by atoms with Crippen molar-refractivity contribution in [3.63, 3.8) is 0 Å². The molecule has 3 heteroatoms. The Kier molecular flexibility index (Phi) is 11.3. The average Bonchev–Trinajstić information content (AvgIpc) is 2.34. The molecule has 0 aliphatic rings. The van der Waals surface area contributed by atoms with Crippen LogP contribution in [0.4, 0.5) is 0 Å². The molecule has 0 bridgehead atoms. The predicted octanol–water partition coefficient (Wildman–Crippen LogP) is 5.22. The van der Waals surface area contributed by atoms with Crippen molar-refractivity contribution in [3.8, 4) is 0 Å². The summed E-state index contributed by atoms with van der Waals surface area (Å²) in [7, 11) is 0. The number of rotatable bonds is 10. The maximum atomic E-state index is 10.4. The van der Waals surface area contributed by atoms with Gasteiger partial charge < -0.3 is 5.11 Å². The van der Waals surface area contributed by atoms with E-state index in [9.17, 15) is 4.79 Å². The van der Waals surface area contributed by atoms with Gasteiger partial charge >= 0.3 is 5.97 Å². The minimum absolute atomic E-state index is 0.188. The van der Waals surface area contributed by atoms with Gasteiger partial charge in [-0.25, -0.2) is 0 Å². The number of aliphatic carboxylic acids is 1. The molecule has 20 heavy (non-hydrogen) atoms. The molecule has 0 aromatic carbocycles. The van der Waals surface area contributed by atoms with Gasteiger partial charge in [-0.05, 0) is 53.4 Å². The Hall–Kier alpha value is -0.960. The van der Waals surface area contributed by atoms with Crippen LogP contribution in [0, 0.1) is 0 Å². The fraction of sp³-hybridized carbons (Fsp3) is 0.588. The van der Waals surface area contributed by atoms with Crippen molar-refractivity contribution in [1.82, 2.24) is 0 Å². The summed E-state index contributed by atoms with van der Waals surface area (Å²) < 4.78 is 0. The summed E-state index contributed by atoms with van der Waals surface area (Å²) >= 11 is 1.45. The van der Waals surface area contributed by atoms with Crippen molar-refractivity contribution in [1.29, 1.82) is 0 Å². The highest BCUT2D eigenvalue weighted by Gasteiger charge is 1.95. The lowest BCUT2D eigenvalue weighted by molar-refractivity contribution is -0.133. The smallest absolute Gasteiger partial charge is 0.313 e. The second kappa shape index (κ2) is 11.8. The van der Waals surface area contributed by atoms with E-state index >= 15 is 0 Å². The number of allylic oxidation sites excluding steroid dienone is 5. The van der Waals surface area contributed by atoms with Gasteiger partial charge in [0.05, 0.1) is 5.75 Å². The minimum atomic E-state index is -0.740. The Bertz CT molecular complexity index is 374. The number of thioether (sulfide) groups is 1. The van der Waals surface area contributed by atoms with E-state index in [0.29, 0.717) is 0 Å². The Morgan fingerprint density at radius 1 is 0.950 bits per heavy atom. The Morgan fingerprint density at radius 3 is 2.05 bits per heavy atom. The molecule has 0 amide bonds. The van der Waals surface area contributed by atoms with Crippen molar-refractivity contribution < 1.29 is 9.90 Å². The third kappa shape index (κ3) is 13.5. The van der Waals surface area contributed by atoms with Crippen LogP contribution in [0.1, 0.15) is 53.4 Å². The molecule has 2 nitrogen and oxygen atoms in total. The van der Waals surface area contributed by atoms with Gasteiger partial charge in [-0.3, -0.25) is 4.79 Å². The van der Waals surface area contributed by atoms with Gasteiger partial charge in [0.25, 0.3) is 0 Å². The number of carboxylic acids is 1. The Labute approximate surface area is 128 Å². The first-order chi connectivity index (χ1) is 9.41. The fourth-order valence-electron chi connectivity index (χ4n) is 1.69. The largest absolute Gasteiger partial charge is 0.481 e. The summed E-state index contributed by atoms with van der Waals surface area (Å²) in [4.78, 5) is 10.4. The van der Waals surface area contributed by atoms with E-state index in [-0.39, 0.29) is 5.75 Å². The molecule has 0 radical (unpaired) electrons. The van der Waals surface area contributed by atoms with E-state index in [4.69, 9.17) is 5.11 Å². The second-order valence-electron chi connectivity index (χ2n) is 5.37. The SMILES string of the molecule is CC(C)=CCC/C(C)=C/CC/C(C)=C/CSCC(=O)O. The predicted molar refractivity (Wildman–Crippen MR) is 90.4 cm³/mol. The number of hydrogen-bond donors (Lipinski definition) is 1. The van der Waals surface area contributed by atoms with Crippen LogP contribution in [0.5, 0.6) is 0 Å². The summed E-state index contributed by atoms with van der Waals surface area (Å²) in [5.74, 6) is 0.241. The van der Waals surface area contributed by atoms with Crippen molar-refractivity contribution in [2.45, 2.75) is 53.4 Å². The van der Waals surface area contributed by atoms with E-state index < -0.39 is 5.97 Å². The average molecular weight is 296 g/mol. The maximum absolute atomic E-state index is 10.4. The molecule has 0 aromatic rings. The Morgan fingerprint density at radius 2 is 1.50 bits per heavy atom. The van der Waals surface area contributed by atoms with Gasteiger partial charge in [0.15, 0.2) is 0 Å². The van der Waals surface area contributed by atoms with Crippen molar-refractivity contribution in [3.05, 3.63) is 34.9 Å². The zero-order valence-corrected chi connectivity index (χ0v) is 14.1. The van der Waals surface area contributed by atoms with Crippen LogP contribution in [-0.4, -0.2) is 22.6 Å². The van der Waals surface area contributed by atoms with Gasteiger partial charge in [0.2, 0.25) is 0 Å². The molecule has 0 spiro atoms. The van der Waals surface area contributed by atoms with E-state index in [1.54, 1.807) is 0 Å². The van der Waals surface area contributed by atoms with Crippen LogP contribution in [0.3, 0.4) is 0 Å². The van der Waals surface area contributed by atoms with Gasteiger partial charge in [0.1, 0.15) is 0 Å². The lowest BCUT2D eigenvalue weighted by Gasteiger charge is -2.01. The van der Waals surface area contributed by atoms with Crippen molar-refractivity contribution in [2.75, 3.05) is 11.5 Å². The maximum Gasteiger partial charge on any atom is 0.313 e. The summed E-state index contributed by atoms with van der Waals surface area (Å²) in [6, 6.07) is 0. The molecular formula is C17H28O2S. The number of carbonyl (C=O) groups is 1. The normalized spacial score (nSPS) is 12.4. The first-order valence-electron chi connectivity index (χ1n) is 7.16. The van der Waals surface area contributed by atoms with Crippen LogP contribution >= 0.6 is 11.8 Å². The monoisotopic (exact) mass is 296 g/mol. The molecule has 0 atom stereocenters. The van der Waals surface area contributed by atoms with Crippen LogP contribution in [0.15, 0.2) is 34.9 Å². The fourth-order valence-corrected chi connectivity index (χ4v) is 2.38. The highest BCUT2D eigenvalue weighted by Crippen LogP contribution is 2.12. The molecule has 114 valence electrons. The molecule has 0 aromatic heterocycles. The van der Waals surface area contributed by atoms with E-state index in [2.05, 4.69) is 45.9 Å². The molecule has 0 fully saturated rings. The van der Waals surface area contributed by atoms with Crippen LogP contribution in [0.2, 0.25) is 0 Å². The number of carboxylic acid groups (broad SMARTS) is 1. The van der Waals surface area contributed by atoms with E-state index in [1.807, 2.05) is 0 Å². The first kappa shape index (κ1) is 19.0. The van der Waals surface area contributed by atoms with Gasteiger partial charge in [-0.15, -0.1) is 11.8 Å². The topological polar surface area (TPSA) is 37.3 Å². The van der Waals surface area contributed by atoms with Crippen LogP contribution < -0.4 is 0 Å². The van der Waals surface area contributed by atoms with Gasteiger partial charge in [-0.1, -0.05) is 34.9 Å². The summed E-state index contributed by atoms with van der Waals surface area (Å²) in [6.07, 6.45) is 11.1. The van der Waals surface area contributed by atoms with Crippen molar-refractivity contribution in [2.24, 2.45) is 0 Å². The van der Waals surface area contributed by atoms with Crippen molar-refractivity contribution >= 4 is 17.7 Å². The van der Waals surface area contributed by atoms with Gasteiger partial charge in [0, 0.05) is 5.75 Å². The zero-order chi connectivity index (χ0) is 15.4. The lowest BCUT2D eigenvalue weighted by Crippen LogP contribution is -1.98. The molecule has 0 rings (SSSR count). The second-order valence-corrected chi connectivity index (χ2v) is 6.40. The summed E-state index contributed by atoms with van der Waals surface area (Å²) in [5, 5.41) is 8.53.